The molecule has 0 spiro atoms. The minimum atomic E-state index is -1.41. The van der Waals surface area contributed by atoms with Crippen molar-refractivity contribution in [1.82, 2.24) is 0 Å². The van der Waals surface area contributed by atoms with Gasteiger partial charge >= 0.3 is 0 Å². The molecule has 0 amide bonds. The van der Waals surface area contributed by atoms with Crippen LogP contribution in [0.4, 0.5) is 0 Å². The van der Waals surface area contributed by atoms with Gasteiger partial charge in [0, 0.05) is 0 Å². The van der Waals surface area contributed by atoms with Crippen LogP contribution in [0.25, 0.3) is 0 Å². The Bertz CT molecular complexity index is 50.8. The molecule has 0 rings (SSSR count). The lowest BCUT2D eigenvalue weighted by atomic mass is 10.6. The summed E-state index contributed by atoms with van der Waals surface area (Å²) in [6.07, 6.45) is 0.722. The highest BCUT2D eigenvalue weighted by Crippen LogP contribution is 1.70. The van der Waals surface area contributed by atoms with E-state index in [0.29, 0.717) is 0 Å². The van der Waals surface area contributed by atoms with Crippen LogP contribution in [0.1, 0.15) is 0 Å². The van der Waals surface area contributed by atoms with Gasteiger partial charge in [-0.3, -0.25) is 0 Å². The van der Waals surface area contributed by atoms with E-state index in [1.165, 1.54) is 0 Å². The van der Waals surface area contributed by atoms with Crippen LogP contribution in [-0.2, 0) is 0 Å². The fourth-order valence-corrected chi connectivity index (χ4v) is 0.0994. The van der Waals surface area contributed by atoms with E-state index < -0.39 is 6.29 Å². The molecule has 0 saturated carbocycles. The van der Waals surface area contributed by atoms with Crippen LogP contribution in [0.5, 0.6) is 0 Å². The van der Waals surface area contributed by atoms with Crippen molar-refractivity contribution >= 4 is 0 Å². The SMILES string of the molecule is NC=CC(O)O. The zero-order chi connectivity index (χ0) is 4.99. The quantitative estimate of drug-likeness (QED) is 0.352. The fourth-order valence-electron chi connectivity index (χ4n) is 0.0994. The molecule has 3 nitrogen and oxygen atoms in total. The monoisotopic (exact) mass is 89.0 g/mol. The van der Waals surface area contributed by atoms with Crippen LogP contribution in [-0.4, -0.2) is 16.5 Å². The highest BCUT2D eigenvalue weighted by atomic mass is 16.5. The zero-order valence-corrected chi connectivity index (χ0v) is 3.20. The van der Waals surface area contributed by atoms with E-state index in [2.05, 4.69) is 0 Å². The maximum absolute atomic E-state index is 7.94. The molecular weight excluding hydrogens is 82.0 g/mol. The molecule has 4 N–H and O–H groups in total. The molecule has 0 heterocycles. The molecule has 0 aromatic rings. The van der Waals surface area contributed by atoms with Gasteiger partial charge in [0.1, 0.15) is 0 Å². The third-order valence-electron chi connectivity index (χ3n) is 0.283. The molecular formula is C3H7NO2. The summed E-state index contributed by atoms with van der Waals surface area (Å²) in [5.41, 5.74) is 4.73. The summed E-state index contributed by atoms with van der Waals surface area (Å²) in [4.78, 5) is 0. The second-order valence-corrected chi connectivity index (χ2v) is 0.799. The molecule has 0 aliphatic heterocycles. The van der Waals surface area contributed by atoms with Gasteiger partial charge in [0.25, 0.3) is 0 Å². The lowest BCUT2D eigenvalue weighted by molar-refractivity contribution is 0.00224. The molecule has 0 aromatic carbocycles. The summed E-state index contributed by atoms with van der Waals surface area (Å²) in [5.74, 6) is 0. The minimum Gasteiger partial charge on any atom is -0.405 e. The van der Waals surface area contributed by atoms with E-state index in [0.717, 1.165) is 12.3 Å². The van der Waals surface area contributed by atoms with Gasteiger partial charge in [0.2, 0.25) is 0 Å². The summed E-state index contributed by atoms with van der Waals surface area (Å²) in [5, 5.41) is 15.9. The van der Waals surface area contributed by atoms with Crippen molar-refractivity contribution < 1.29 is 10.2 Å². The third kappa shape index (κ3) is 3.46. The molecule has 0 saturated heterocycles. The van der Waals surface area contributed by atoms with Crippen molar-refractivity contribution in [1.29, 1.82) is 0 Å². The second-order valence-electron chi connectivity index (χ2n) is 0.799. The van der Waals surface area contributed by atoms with Crippen molar-refractivity contribution in [2.24, 2.45) is 5.73 Å². The average Bonchev–Trinajstić information content (AvgIpc) is 1.35. The average molecular weight is 89.1 g/mol. The third-order valence-corrected chi connectivity index (χ3v) is 0.283. The molecule has 0 aliphatic carbocycles. The van der Waals surface area contributed by atoms with Gasteiger partial charge in [-0.25, -0.2) is 0 Å². The largest absolute Gasteiger partial charge is 0.405 e. The summed E-state index contributed by atoms with van der Waals surface area (Å²) in [7, 11) is 0. The van der Waals surface area contributed by atoms with Crippen LogP contribution in [0.2, 0.25) is 0 Å². The summed E-state index contributed by atoms with van der Waals surface area (Å²) in [6.45, 7) is 0. The Balaban J connectivity index is 3.03. The Morgan fingerprint density at radius 1 is 1.50 bits per heavy atom. The highest BCUT2D eigenvalue weighted by molar-refractivity contribution is 4.76. The molecule has 0 bridgehead atoms. The predicted molar refractivity (Wildman–Crippen MR) is 21.6 cm³/mol. The van der Waals surface area contributed by atoms with Gasteiger partial charge in [-0.15, -0.1) is 0 Å². The Morgan fingerprint density at radius 2 is 2.00 bits per heavy atom. The molecule has 0 atom stereocenters. The summed E-state index contributed by atoms with van der Waals surface area (Å²) < 4.78 is 0. The smallest absolute Gasteiger partial charge is 0.172 e. The summed E-state index contributed by atoms with van der Waals surface area (Å²) >= 11 is 0. The van der Waals surface area contributed by atoms with E-state index in [1.807, 2.05) is 0 Å². The Morgan fingerprint density at radius 3 is 2.00 bits per heavy atom. The topological polar surface area (TPSA) is 66.5 Å². The highest BCUT2D eigenvalue weighted by Gasteiger charge is 1.80. The number of aliphatic hydroxyl groups is 2. The molecule has 0 aromatic heterocycles. The maximum Gasteiger partial charge on any atom is 0.172 e. The first kappa shape index (κ1) is 5.46. The Hall–Kier alpha value is -0.540. The number of rotatable bonds is 1. The van der Waals surface area contributed by atoms with E-state index in [4.69, 9.17) is 15.9 Å². The maximum atomic E-state index is 7.94. The first-order valence-electron chi connectivity index (χ1n) is 1.52. The molecule has 0 aliphatic rings. The van der Waals surface area contributed by atoms with Crippen LogP contribution < -0.4 is 5.73 Å². The van der Waals surface area contributed by atoms with Crippen molar-refractivity contribution in [2.75, 3.05) is 0 Å². The van der Waals surface area contributed by atoms with Gasteiger partial charge in [0.15, 0.2) is 6.29 Å². The lowest BCUT2D eigenvalue weighted by Gasteiger charge is -1.86. The molecule has 6 heavy (non-hydrogen) atoms. The van der Waals surface area contributed by atoms with Gasteiger partial charge in [-0.2, -0.15) is 0 Å². The first-order chi connectivity index (χ1) is 2.77. The van der Waals surface area contributed by atoms with Crippen LogP contribution >= 0.6 is 0 Å². The van der Waals surface area contributed by atoms with E-state index in [1.54, 1.807) is 0 Å². The molecule has 0 radical (unpaired) electrons. The lowest BCUT2D eigenvalue weighted by Crippen LogP contribution is -1.98. The Kier molecular flexibility index (Phi) is 2.44. The van der Waals surface area contributed by atoms with Crippen molar-refractivity contribution in [2.45, 2.75) is 6.29 Å². The Labute approximate surface area is 35.7 Å². The van der Waals surface area contributed by atoms with Crippen molar-refractivity contribution in [3.05, 3.63) is 12.3 Å². The normalized spacial score (nSPS) is 11.2. The molecule has 3 heteroatoms. The molecule has 0 fully saturated rings. The van der Waals surface area contributed by atoms with Gasteiger partial charge in [-0.1, -0.05) is 0 Å². The first-order valence-corrected chi connectivity index (χ1v) is 1.52. The van der Waals surface area contributed by atoms with Crippen LogP contribution in [0.3, 0.4) is 0 Å². The number of aliphatic hydroxyl groups excluding tert-OH is 1. The van der Waals surface area contributed by atoms with E-state index in [-0.39, 0.29) is 0 Å². The van der Waals surface area contributed by atoms with Gasteiger partial charge in [-0.05, 0) is 12.3 Å². The van der Waals surface area contributed by atoms with E-state index >= 15 is 0 Å². The summed E-state index contributed by atoms with van der Waals surface area (Å²) in [6, 6.07) is 0. The number of hydrogen-bond donors (Lipinski definition) is 3. The number of hydrogen-bond acceptors (Lipinski definition) is 3. The molecule has 36 valence electrons. The van der Waals surface area contributed by atoms with Crippen molar-refractivity contribution in [3.63, 3.8) is 0 Å². The standard InChI is InChI=1S/C3H7NO2/c4-2-1-3(5)6/h1-3,5-6H,4H2. The van der Waals surface area contributed by atoms with Crippen LogP contribution in [0.15, 0.2) is 12.3 Å². The van der Waals surface area contributed by atoms with Crippen LogP contribution in [0, 0.1) is 0 Å². The van der Waals surface area contributed by atoms with Crippen molar-refractivity contribution in [3.8, 4) is 0 Å². The van der Waals surface area contributed by atoms with Gasteiger partial charge < -0.3 is 15.9 Å². The van der Waals surface area contributed by atoms with Gasteiger partial charge in [0.05, 0.1) is 0 Å². The van der Waals surface area contributed by atoms with E-state index in [9.17, 15) is 0 Å². The molecule has 0 unspecified atom stereocenters. The number of nitrogens with two attached hydrogens (primary N) is 1. The minimum absolute atomic E-state index is 1.06. The second kappa shape index (κ2) is 2.68. The zero-order valence-electron chi connectivity index (χ0n) is 3.20. The fraction of sp³-hybridized carbons (Fsp3) is 0.333. The predicted octanol–water partition coefficient (Wildman–Crippen LogP) is -1.23.